The third-order valence-electron chi connectivity index (χ3n) is 7.33. The highest BCUT2D eigenvalue weighted by Gasteiger charge is 2.52. The number of rotatable bonds is 7. The highest BCUT2D eigenvalue weighted by molar-refractivity contribution is 7.13. The van der Waals surface area contributed by atoms with E-state index in [0.29, 0.717) is 0 Å². The maximum atomic E-state index is 13.9. The summed E-state index contributed by atoms with van der Waals surface area (Å²) >= 11 is 1.53. The standard InChI is InChI=1S/C27H35N3O6S/c1-26(2,3)21(29-25(34)36-19-7-5-6-8-19)23(31)30-16-27(35-4,15-20(30)24(32)33)18-11-9-17(10-12-18)22-28-13-14-37-22/h9-14,19-21H,5-8,15-16H2,1-4H3,(H,29,34)(H,32,33)/t20-,21+,27-/m0/s1. The van der Waals surface area contributed by atoms with Crippen LogP contribution in [0.25, 0.3) is 10.6 Å². The number of carbonyl (C=O) groups is 3. The summed E-state index contributed by atoms with van der Waals surface area (Å²) in [4.78, 5) is 44.5. The molecular formula is C27H35N3O6S. The number of hydrogen-bond acceptors (Lipinski definition) is 7. The number of aliphatic carboxylic acids is 1. The van der Waals surface area contributed by atoms with Crippen LogP contribution in [0.15, 0.2) is 35.8 Å². The molecule has 37 heavy (non-hydrogen) atoms. The molecule has 9 nitrogen and oxygen atoms in total. The van der Waals surface area contributed by atoms with Gasteiger partial charge in [-0.2, -0.15) is 0 Å². The van der Waals surface area contributed by atoms with Crippen molar-refractivity contribution in [3.63, 3.8) is 0 Å². The van der Waals surface area contributed by atoms with Gasteiger partial charge in [0.1, 0.15) is 28.8 Å². The fraction of sp³-hybridized carbons (Fsp3) is 0.556. The molecule has 1 aliphatic heterocycles. The number of ether oxygens (including phenoxy) is 2. The lowest BCUT2D eigenvalue weighted by molar-refractivity contribution is -0.150. The molecule has 200 valence electrons. The third-order valence-corrected chi connectivity index (χ3v) is 8.15. The van der Waals surface area contributed by atoms with E-state index in [1.54, 1.807) is 6.20 Å². The van der Waals surface area contributed by atoms with Gasteiger partial charge in [0.15, 0.2) is 0 Å². The summed E-state index contributed by atoms with van der Waals surface area (Å²) in [5.74, 6) is -1.59. The van der Waals surface area contributed by atoms with Crippen LogP contribution in [0.2, 0.25) is 0 Å². The number of thiazole rings is 1. The molecule has 2 fully saturated rings. The van der Waals surface area contributed by atoms with Gasteiger partial charge in [0.05, 0.1) is 6.54 Å². The Labute approximate surface area is 221 Å². The predicted molar refractivity (Wildman–Crippen MR) is 139 cm³/mol. The maximum Gasteiger partial charge on any atom is 0.408 e. The number of nitrogens with zero attached hydrogens (tertiary/aromatic N) is 2. The van der Waals surface area contributed by atoms with Gasteiger partial charge in [0.25, 0.3) is 0 Å². The first-order chi connectivity index (χ1) is 17.5. The molecule has 4 rings (SSSR count). The van der Waals surface area contributed by atoms with Crippen molar-refractivity contribution in [2.24, 2.45) is 5.41 Å². The zero-order chi connectivity index (χ0) is 26.8. The van der Waals surface area contributed by atoms with Crippen molar-refractivity contribution < 1.29 is 29.0 Å². The quantitative estimate of drug-likeness (QED) is 0.545. The molecule has 0 spiro atoms. The molecule has 1 saturated carbocycles. The number of methoxy groups -OCH3 is 1. The number of nitrogens with one attached hydrogen (secondary N) is 1. The molecular weight excluding hydrogens is 494 g/mol. The second-order valence-corrected chi connectivity index (χ2v) is 11.8. The first-order valence-corrected chi connectivity index (χ1v) is 13.5. The number of carboxylic acids is 1. The van der Waals surface area contributed by atoms with Gasteiger partial charge in [-0.1, -0.05) is 45.0 Å². The minimum Gasteiger partial charge on any atom is -0.480 e. The summed E-state index contributed by atoms with van der Waals surface area (Å²) in [7, 11) is 1.53. The summed E-state index contributed by atoms with van der Waals surface area (Å²) < 4.78 is 11.5. The average molecular weight is 530 g/mol. The van der Waals surface area contributed by atoms with E-state index in [2.05, 4.69) is 10.3 Å². The van der Waals surface area contributed by atoms with Crippen molar-refractivity contribution in [1.82, 2.24) is 15.2 Å². The second-order valence-electron chi connectivity index (χ2n) is 10.9. The minimum absolute atomic E-state index is 0.0435. The van der Waals surface area contributed by atoms with Gasteiger partial charge in [-0.25, -0.2) is 14.6 Å². The normalized spacial score (nSPS) is 23.1. The van der Waals surface area contributed by atoms with Crippen LogP contribution in [0.5, 0.6) is 0 Å². The van der Waals surface area contributed by atoms with E-state index in [0.717, 1.165) is 41.8 Å². The van der Waals surface area contributed by atoms with Crippen molar-refractivity contribution >= 4 is 29.3 Å². The van der Waals surface area contributed by atoms with E-state index in [9.17, 15) is 19.5 Å². The Hall–Kier alpha value is -2.98. The number of carbonyl (C=O) groups excluding carboxylic acids is 2. The molecule has 1 aromatic carbocycles. The smallest absolute Gasteiger partial charge is 0.408 e. The summed E-state index contributed by atoms with van der Waals surface area (Å²) in [5.41, 5.74) is 0.0383. The zero-order valence-electron chi connectivity index (χ0n) is 21.7. The molecule has 1 aliphatic carbocycles. The predicted octanol–water partition coefficient (Wildman–Crippen LogP) is 4.42. The van der Waals surface area contributed by atoms with Gasteiger partial charge < -0.3 is 24.8 Å². The minimum atomic E-state index is -1.12. The van der Waals surface area contributed by atoms with Crippen molar-refractivity contribution in [3.8, 4) is 10.6 Å². The van der Waals surface area contributed by atoms with Gasteiger partial charge in [-0.05, 0) is 36.7 Å². The molecule has 2 heterocycles. The number of amides is 2. The molecule has 0 radical (unpaired) electrons. The summed E-state index contributed by atoms with van der Waals surface area (Å²) in [6.07, 6.45) is 4.68. The number of likely N-dealkylation sites (tertiary alicyclic amines) is 1. The van der Waals surface area contributed by atoms with Crippen LogP contribution in [0, 0.1) is 5.41 Å². The van der Waals surface area contributed by atoms with E-state index in [1.165, 1.54) is 23.3 Å². The van der Waals surface area contributed by atoms with Gasteiger partial charge >= 0.3 is 12.1 Å². The zero-order valence-corrected chi connectivity index (χ0v) is 22.5. The van der Waals surface area contributed by atoms with E-state index in [-0.39, 0.29) is 19.1 Å². The van der Waals surface area contributed by atoms with Crippen molar-refractivity contribution in [2.75, 3.05) is 13.7 Å². The SMILES string of the molecule is CO[C@@]1(c2ccc(-c3nccs3)cc2)C[C@@H](C(=O)O)N(C(=O)[C@@H](NC(=O)OC2CCCC2)C(C)(C)C)C1. The molecule has 0 bridgehead atoms. The molecule has 10 heteroatoms. The van der Waals surface area contributed by atoms with Crippen LogP contribution in [0.3, 0.4) is 0 Å². The molecule has 1 aromatic heterocycles. The summed E-state index contributed by atoms with van der Waals surface area (Å²) in [6, 6.07) is 5.56. The van der Waals surface area contributed by atoms with Gasteiger partial charge in [0, 0.05) is 30.7 Å². The van der Waals surface area contributed by atoms with E-state index in [1.807, 2.05) is 50.4 Å². The van der Waals surface area contributed by atoms with Crippen LogP contribution in [-0.2, 0) is 24.7 Å². The molecule has 2 amide bonds. The topological polar surface area (TPSA) is 118 Å². The molecule has 0 unspecified atom stereocenters. The Bertz CT molecular complexity index is 1110. The lowest BCUT2D eigenvalue weighted by Crippen LogP contribution is -2.57. The molecule has 2 aliphatic rings. The summed E-state index contributed by atoms with van der Waals surface area (Å²) in [6.45, 7) is 5.54. The Morgan fingerprint density at radius 3 is 2.41 bits per heavy atom. The van der Waals surface area contributed by atoms with Crippen LogP contribution in [0.4, 0.5) is 4.79 Å². The monoisotopic (exact) mass is 529 g/mol. The lowest BCUT2D eigenvalue weighted by Gasteiger charge is -2.35. The van der Waals surface area contributed by atoms with Gasteiger partial charge in [-0.15, -0.1) is 11.3 Å². The Balaban J connectivity index is 1.58. The number of carboxylic acid groups (broad SMARTS) is 1. The molecule has 2 aromatic rings. The van der Waals surface area contributed by atoms with Crippen LogP contribution in [-0.4, -0.2) is 64.8 Å². The Morgan fingerprint density at radius 2 is 1.86 bits per heavy atom. The first kappa shape index (κ1) is 27.1. The fourth-order valence-electron chi connectivity index (χ4n) is 5.21. The Kier molecular flexibility index (Phi) is 7.89. The number of hydrogen-bond donors (Lipinski definition) is 2. The maximum absolute atomic E-state index is 13.9. The molecule has 3 atom stereocenters. The largest absolute Gasteiger partial charge is 0.480 e. The second kappa shape index (κ2) is 10.8. The molecule has 1 saturated heterocycles. The fourth-order valence-corrected chi connectivity index (χ4v) is 5.85. The van der Waals surface area contributed by atoms with Crippen molar-refractivity contribution in [2.45, 2.75) is 76.7 Å². The van der Waals surface area contributed by atoms with Crippen molar-refractivity contribution in [3.05, 3.63) is 41.4 Å². The van der Waals surface area contributed by atoms with Crippen molar-refractivity contribution in [1.29, 1.82) is 0 Å². The van der Waals surface area contributed by atoms with Crippen LogP contribution >= 0.6 is 11.3 Å². The lowest BCUT2D eigenvalue weighted by atomic mass is 9.85. The number of alkyl carbamates (subject to hydrolysis) is 1. The number of benzene rings is 1. The molecule has 2 N–H and O–H groups in total. The average Bonchev–Trinajstić information content (AvgIpc) is 3.63. The van der Waals surface area contributed by atoms with E-state index >= 15 is 0 Å². The van der Waals surface area contributed by atoms with Crippen LogP contribution in [0.1, 0.15) is 58.4 Å². The van der Waals surface area contributed by atoms with E-state index in [4.69, 9.17) is 9.47 Å². The number of aromatic nitrogens is 1. The highest BCUT2D eigenvalue weighted by atomic mass is 32.1. The highest BCUT2D eigenvalue weighted by Crippen LogP contribution is 2.41. The van der Waals surface area contributed by atoms with Gasteiger partial charge in [-0.3, -0.25) is 4.79 Å². The van der Waals surface area contributed by atoms with Gasteiger partial charge in [0.2, 0.25) is 5.91 Å². The van der Waals surface area contributed by atoms with Crippen LogP contribution < -0.4 is 5.32 Å². The summed E-state index contributed by atoms with van der Waals surface area (Å²) in [5, 5.41) is 15.6. The third kappa shape index (κ3) is 5.80. The first-order valence-electron chi connectivity index (χ1n) is 12.6. The van der Waals surface area contributed by atoms with E-state index < -0.39 is 41.1 Å². The Morgan fingerprint density at radius 1 is 1.19 bits per heavy atom.